The molecule has 2 atom stereocenters. The van der Waals surface area contributed by atoms with E-state index in [1.807, 2.05) is 42.2 Å². The van der Waals surface area contributed by atoms with Gasteiger partial charge in [0.2, 0.25) is 0 Å². The highest BCUT2D eigenvalue weighted by Gasteiger charge is 2.17. The first kappa shape index (κ1) is 14.7. The third kappa shape index (κ3) is 4.84. The van der Waals surface area contributed by atoms with Crippen LogP contribution in [0, 0.1) is 11.3 Å². The Hall–Kier alpha value is -1.41. The van der Waals surface area contributed by atoms with Gasteiger partial charge in [-0.1, -0.05) is 30.3 Å². The fourth-order valence-corrected chi connectivity index (χ4v) is 1.81. The zero-order chi connectivity index (χ0) is 13.4. The number of nitrogens with zero attached hydrogens (tertiary/aromatic N) is 2. The van der Waals surface area contributed by atoms with Crippen LogP contribution in [0.15, 0.2) is 30.3 Å². The van der Waals surface area contributed by atoms with Crippen LogP contribution in [0.25, 0.3) is 0 Å². The third-order valence-corrected chi connectivity index (χ3v) is 2.89. The molecule has 2 N–H and O–H groups in total. The molecule has 0 spiro atoms. The minimum Gasteiger partial charge on any atom is -0.394 e. The first-order valence-electron chi connectivity index (χ1n) is 6.11. The van der Waals surface area contributed by atoms with Crippen LogP contribution in [0.5, 0.6) is 0 Å². The van der Waals surface area contributed by atoms with Crippen LogP contribution in [0.1, 0.15) is 18.9 Å². The van der Waals surface area contributed by atoms with E-state index in [0.717, 1.165) is 5.56 Å². The average Bonchev–Trinajstić information content (AvgIpc) is 2.39. The fraction of sp³-hybridized carbons (Fsp3) is 0.500. The third-order valence-electron chi connectivity index (χ3n) is 2.89. The van der Waals surface area contributed by atoms with Gasteiger partial charge in [0.1, 0.15) is 0 Å². The molecule has 0 saturated heterocycles. The molecule has 4 heteroatoms. The number of hydrogen-bond donors (Lipinski definition) is 2. The minimum absolute atomic E-state index is 0.0522. The molecule has 1 aromatic rings. The lowest BCUT2D eigenvalue weighted by Gasteiger charge is -2.29. The maximum Gasteiger partial charge on any atom is 0.0897 e. The van der Waals surface area contributed by atoms with Gasteiger partial charge in [-0.05, 0) is 12.5 Å². The molecule has 0 aliphatic heterocycles. The number of nitriles is 1. The molecule has 0 fully saturated rings. The molecule has 0 bridgehead atoms. The average molecular weight is 248 g/mol. The smallest absolute Gasteiger partial charge is 0.0897 e. The van der Waals surface area contributed by atoms with Gasteiger partial charge in [0.05, 0.1) is 25.2 Å². The SMILES string of the molecule is CC(CC#N)N(Cc1ccccc1)CC(O)CO. The summed E-state index contributed by atoms with van der Waals surface area (Å²) in [6.45, 7) is 2.73. The second-order valence-corrected chi connectivity index (χ2v) is 4.46. The van der Waals surface area contributed by atoms with Gasteiger partial charge in [-0.25, -0.2) is 0 Å². The molecular weight excluding hydrogens is 228 g/mol. The Morgan fingerprint density at radius 2 is 2.00 bits per heavy atom. The van der Waals surface area contributed by atoms with Crippen molar-refractivity contribution in [2.75, 3.05) is 13.2 Å². The summed E-state index contributed by atoms with van der Waals surface area (Å²) in [6.07, 6.45) is -0.361. The number of aliphatic hydroxyl groups is 2. The molecule has 1 rings (SSSR count). The Morgan fingerprint density at radius 1 is 1.33 bits per heavy atom. The van der Waals surface area contributed by atoms with Crippen molar-refractivity contribution in [1.29, 1.82) is 5.26 Å². The zero-order valence-electron chi connectivity index (χ0n) is 10.7. The first-order valence-corrected chi connectivity index (χ1v) is 6.11. The van der Waals surface area contributed by atoms with Crippen molar-refractivity contribution in [3.8, 4) is 6.07 Å². The number of benzene rings is 1. The summed E-state index contributed by atoms with van der Waals surface area (Å²) in [7, 11) is 0. The topological polar surface area (TPSA) is 67.5 Å². The summed E-state index contributed by atoms with van der Waals surface area (Å²) < 4.78 is 0. The van der Waals surface area contributed by atoms with E-state index in [9.17, 15) is 5.11 Å². The standard InChI is InChI=1S/C14H20N2O2/c1-12(7-8-15)16(10-14(18)11-17)9-13-5-3-2-4-6-13/h2-6,12,14,17-18H,7,9-11H2,1H3. The number of rotatable bonds is 7. The number of aliphatic hydroxyl groups excluding tert-OH is 2. The minimum atomic E-state index is -0.769. The van der Waals surface area contributed by atoms with Crippen LogP contribution in [0.2, 0.25) is 0 Å². The summed E-state index contributed by atoms with van der Waals surface area (Å²) >= 11 is 0. The molecule has 0 amide bonds. The van der Waals surface area contributed by atoms with Gasteiger partial charge < -0.3 is 10.2 Å². The van der Waals surface area contributed by atoms with E-state index in [1.165, 1.54) is 0 Å². The van der Waals surface area contributed by atoms with Crippen molar-refractivity contribution in [2.45, 2.75) is 32.0 Å². The molecule has 0 aromatic heterocycles. The van der Waals surface area contributed by atoms with Crippen LogP contribution in [-0.2, 0) is 6.54 Å². The molecule has 18 heavy (non-hydrogen) atoms. The van der Waals surface area contributed by atoms with Crippen LogP contribution in [-0.4, -0.2) is 40.4 Å². The Kier molecular flexibility index (Phi) is 6.37. The Balaban J connectivity index is 2.68. The molecule has 2 unspecified atom stereocenters. The second-order valence-electron chi connectivity index (χ2n) is 4.46. The van der Waals surface area contributed by atoms with Gasteiger partial charge in [-0.15, -0.1) is 0 Å². The van der Waals surface area contributed by atoms with Gasteiger partial charge >= 0.3 is 0 Å². The molecule has 4 nitrogen and oxygen atoms in total. The molecule has 0 heterocycles. The van der Waals surface area contributed by atoms with Crippen LogP contribution in [0.4, 0.5) is 0 Å². The Morgan fingerprint density at radius 3 is 2.56 bits per heavy atom. The highest BCUT2D eigenvalue weighted by atomic mass is 16.3. The summed E-state index contributed by atoms with van der Waals surface area (Å²) in [4.78, 5) is 2.01. The van der Waals surface area contributed by atoms with Crippen molar-refractivity contribution in [3.05, 3.63) is 35.9 Å². The maximum atomic E-state index is 9.55. The van der Waals surface area contributed by atoms with Gasteiger partial charge in [-0.3, -0.25) is 4.90 Å². The molecule has 0 radical (unpaired) electrons. The van der Waals surface area contributed by atoms with E-state index < -0.39 is 6.10 Å². The van der Waals surface area contributed by atoms with Gasteiger partial charge in [0.15, 0.2) is 0 Å². The lowest BCUT2D eigenvalue weighted by Crippen LogP contribution is -2.39. The van der Waals surface area contributed by atoms with Crippen molar-refractivity contribution in [1.82, 2.24) is 4.90 Å². The summed E-state index contributed by atoms with van der Waals surface area (Å²) in [5.41, 5.74) is 1.13. The first-order chi connectivity index (χ1) is 8.67. The molecule has 0 aliphatic carbocycles. The van der Waals surface area contributed by atoms with E-state index in [4.69, 9.17) is 10.4 Å². The lowest BCUT2D eigenvalue weighted by molar-refractivity contribution is 0.0443. The van der Waals surface area contributed by atoms with Crippen LogP contribution in [0.3, 0.4) is 0 Å². The largest absolute Gasteiger partial charge is 0.394 e. The van der Waals surface area contributed by atoms with Gasteiger partial charge in [0, 0.05) is 19.1 Å². The Labute approximate surface area is 108 Å². The Bertz CT molecular complexity index is 375. The van der Waals surface area contributed by atoms with Crippen molar-refractivity contribution >= 4 is 0 Å². The van der Waals surface area contributed by atoms with Crippen molar-refractivity contribution in [2.24, 2.45) is 0 Å². The monoisotopic (exact) mass is 248 g/mol. The van der Waals surface area contributed by atoms with E-state index >= 15 is 0 Å². The predicted octanol–water partition coefficient (Wildman–Crippen LogP) is 1.14. The van der Waals surface area contributed by atoms with E-state index in [1.54, 1.807) is 0 Å². The molecule has 1 aromatic carbocycles. The van der Waals surface area contributed by atoms with Gasteiger partial charge in [0.25, 0.3) is 0 Å². The molecule has 98 valence electrons. The second kappa shape index (κ2) is 7.83. The molecule has 0 saturated carbocycles. The van der Waals surface area contributed by atoms with E-state index in [2.05, 4.69) is 6.07 Å². The van der Waals surface area contributed by atoms with Gasteiger partial charge in [-0.2, -0.15) is 5.26 Å². The summed E-state index contributed by atoms with van der Waals surface area (Å²) in [6, 6.07) is 12.1. The van der Waals surface area contributed by atoms with Crippen molar-refractivity contribution < 1.29 is 10.2 Å². The highest BCUT2D eigenvalue weighted by Crippen LogP contribution is 2.11. The highest BCUT2D eigenvalue weighted by molar-refractivity contribution is 5.14. The van der Waals surface area contributed by atoms with Crippen molar-refractivity contribution in [3.63, 3.8) is 0 Å². The lowest BCUT2D eigenvalue weighted by atomic mass is 10.1. The fourth-order valence-electron chi connectivity index (χ4n) is 1.81. The summed E-state index contributed by atoms with van der Waals surface area (Å²) in [5.74, 6) is 0. The van der Waals surface area contributed by atoms with E-state index in [0.29, 0.717) is 19.5 Å². The van der Waals surface area contributed by atoms with Crippen LogP contribution >= 0.6 is 0 Å². The summed E-state index contributed by atoms with van der Waals surface area (Å²) in [5, 5.41) is 27.2. The van der Waals surface area contributed by atoms with E-state index in [-0.39, 0.29) is 12.6 Å². The maximum absolute atomic E-state index is 9.55. The van der Waals surface area contributed by atoms with Crippen LogP contribution < -0.4 is 0 Å². The molecule has 0 aliphatic rings. The normalized spacial score (nSPS) is 14.2. The predicted molar refractivity (Wildman–Crippen MR) is 69.6 cm³/mol. The zero-order valence-corrected chi connectivity index (χ0v) is 10.7. The molecular formula is C14H20N2O2. The quantitative estimate of drug-likeness (QED) is 0.759. The number of hydrogen-bond acceptors (Lipinski definition) is 4.